The number of likely N-dealkylation sites (tertiary alicyclic amines) is 1. The summed E-state index contributed by atoms with van der Waals surface area (Å²) >= 11 is 0. The molecule has 6 nitrogen and oxygen atoms in total. The summed E-state index contributed by atoms with van der Waals surface area (Å²) in [4.78, 5) is 13.8. The highest BCUT2D eigenvalue weighted by Gasteiger charge is 2.34. The Bertz CT molecular complexity index is 526. The Labute approximate surface area is 125 Å². The molecule has 2 aliphatic rings. The maximum absolute atomic E-state index is 11.3. The minimum atomic E-state index is -0.704. The maximum atomic E-state index is 11.3. The number of rotatable bonds is 3. The Morgan fingerprint density at radius 2 is 2.10 bits per heavy atom. The van der Waals surface area contributed by atoms with Crippen molar-refractivity contribution in [2.24, 2.45) is 5.92 Å². The fraction of sp³-hybridized carbons (Fsp3) is 0.800. The van der Waals surface area contributed by atoms with E-state index in [1.54, 1.807) is 0 Å². The van der Waals surface area contributed by atoms with Crippen LogP contribution in [0.2, 0.25) is 0 Å². The smallest absolute Gasteiger partial charge is 0.308 e. The van der Waals surface area contributed by atoms with Crippen molar-refractivity contribution in [3.8, 4) is 0 Å². The molecule has 6 heteroatoms. The van der Waals surface area contributed by atoms with Crippen molar-refractivity contribution in [3.05, 3.63) is 11.6 Å². The highest BCUT2D eigenvalue weighted by Crippen LogP contribution is 2.33. The molecule has 1 aromatic rings. The van der Waals surface area contributed by atoms with E-state index in [0.29, 0.717) is 19.0 Å². The first-order chi connectivity index (χ1) is 10.1. The molecular formula is C15H24N4O2. The number of carboxylic acid groups (broad SMARTS) is 1. The van der Waals surface area contributed by atoms with Gasteiger partial charge in [-0.05, 0) is 39.7 Å². The first kappa shape index (κ1) is 14.5. The van der Waals surface area contributed by atoms with Crippen LogP contribution in [0.4, 0.5) is 0 Å². The third-order valence-corrected chi connectivity index (χ3v) is 4.83. The monoisotopic (exact) mass is 292 g/mol. The first-order valence-electron chi connectivity index (χ1n) is 7.98. The number of aromatic nitrogens is 3. The van der Waals surface area contributed by atoms with Gasteiger partial charge in [0.1, 0.15) is 11.6 Å². The largest absolute Gasteiger partial charge is 0.481 e. The molecule has 1 saturated heterocycles. The van der Waals surface area contributed by atoms with E-state index >= 15 is 0 Å². The highest BCUT2D eigenvalue weighted by atomic mass is 16.4. The van der Waals surface area contributed by atoms with Gasteiger partial charge in [-0.3, -0.25) is 9.69 Å². The van der Waals surface area contributed by atoms with E-state index in [-0.39, 0.29) is 12.0 Å². The molecule has 0 aliphatic carbocycles. The van der Waals surface area contributed by atoms with Gasteiger partial charge in [0.25, 0.3) is 0 Å². The lowest BCUT2D eigenvalue weighted by Crippen LogP contribution is -2.40. The van der Waals surface area contributed by atoms with Crippen LogP contribution in [0.5, 0.6) is 0 Å². The van der Waals surface area contributed by atoms with Crippen molar-refractivity contribution in [2.45, 2.75) is 64.6 Å². The van der Waals surface area contributed by atoms with Crippen LogP contribution in [0.15, 0.2) is 0 Å². The zero-order valence-corrected chi connectivity index (χ0v) is 12.8. The molecule has 0 bridgehead atoms. The number of fused-ring (bicyclic) bond motifs is 1. The summed E-state index contributed by atoms with van der Waals surface area (Å²) in [6, 6.07) is 0.759. The molecule has 1 aromatic heterocycles. The maximum Gasteiger partial charge on any atom is 0.308 e. The van der Waals surface area contributed by atoms with Gasteiger partial charge in [-0.25, -0.2) is 0 Å². The average molecular weight is 292 g/mol. The lowest BCUT2D eigenvalue weighted by atomic mass is 9.97. The van der Waals surface area contributed by atoms with E-state index in [9.17, 15) is 9.90 Å². The van der Waals surface area contributed by atoms with E-state index in [2.05, 4.69) is 33.5 Å². The van der Waals surface area contributed by atoms with Gasteiger partial charge < -0.3 is 9.67 Å². The second-order valence-corrected chi connectivity index (χ2v) is 6.50. The molecule has 0 amide bonds. The summed E-state index contributed by atoms with van der Waals surface area (Å²) in [6.45, 7) is 6.04. The van der Waals surface area contributed by atoms with Crippen LogP contribution < -0.4 is 0 Å². The predicted molar refractivity (Wildman–Crippen MR) is 77.9 cm³/mol. The fourth-order valence-corrected chi connectivity index (χ4v) is 3.65. The Kier molecular flexibility index (Phi) is 3.97. The first-order valence-corrected chi connectivity index (χ1v) is 7.98. The molecule has 21 heavy (non-hydrogen) atoms. The molecule has 0 saturated carbocycles. The third-order valence-electron chi connectivity index (χ3n) is 4.83. The number of piperidine rings is 1. The standard InChI is InChI=1S/C15H24N4O2/c1-10(2)18-8-4-3-5-12(18)14-17-16-13-7-6-11(15(20)21)9-19(13)14/h10-12H,3-9H2,1-2H3,(H,20,21). The summed E-state index contributed by atoms with van der Waals surface area (Å²) in [5.41, 5.74) is 0. The van der Waals surface area contributed by atoms with Crippen molar-refractivity contribution in [3.63, 3.8) is 0 Å². The van der Waals surface area contributed by atoms with Gasteiger partial charge in [-0.1, -0.05) is 6.42 Å². The number of carbonyl (C=O) groups is 1. The van der Waals surface area contributed by atoms with Crippen molar-refractivity contribution >= 4 is 5.97 Å². The van der Waals surface area contributed by atoms with Crippen molar-refractivity contribution in [1.29, 1.82) is 0 Å². The molecule has 2 atom stereocenters. The van der Waals surface area contributed by atoms with Gasteiger partial charge >= 0.3 is 5.97 Å². The second-order valence-electron chi connectivity index (χ2n) is 6.50. The average Bonchev–Trinajstić information content (AvgIpc) is 2.89. The summed E-state index contributed by atoms with van der Waals surface area (Å²) in [5, 5.41) is 18.0. The predicted octanol–water partition coefficient (Wildman–Crippen LogP) is 1.86. The quantitative estimate of drug-likeness (QED) is 0.920. The van der Waals surface area contributed by atoms with Crippen LogP contribution in [-0.4, -0.2) is 43.3 Å². The van der Waals surface area contributed by atoms with Crippen LogP contribution in [0.25, 0.3) is 0 Å². The van der Waals surface area contributed by atoms with Crippen LogP contribution in [0.3, 0.4) is 0 Å². The number of hydrogen-bond acceptors (Lipinski definition) is 4. The molecule has 2 unspecified atom stereocenters. The zero-order chi connectivity index (χ0) is 15.0. The Hall–Kier alpha value is -1.43. The van der Waals surface area contributed by atoms with Crippen molar-refractivity contribution in [2.75, 3.05) is 6.54 Å². The summed E-state index contributed by atoms with van der Waals surface area (Å²) in [6.07, 6.45) is 4.92. The molecular weight excluding hydrogens is 268 g/mol. The Morgan fingerprint density at radius 1 is 1.29 bits per heavy atom. The molecule has 0 aromatic carbocycles. The van der Waals surface area contributed by atoms with Gasteiger partial charge in [0.2, 0.25) is 0 Å². The van der Waals surface area contributed by atoms with Crippen LogP contribution >= 0.6 is 0 Å². The molecule has 1 fully saturated rings. The van der Waals surface area contributed by atoms with E-state index in [0.717, 1.165) is 31.0 Å². The molecule has 2 aliphatic heterocycles. The number of carboxylic acids is 1. The molecule has 1 N–H and O–H groups in total. The lowest BCUT2D eigenvalue weighted by Gasteiger charge is -2.38. The SMILES string of the molecule is CC(C)N1CCCCC1c1nnc2n1CC(C(=O)O)CC2. The molecule has 3 heterocycles. The van der Waals surface area contributed by atoms with Crippen molar-refractivity contribution < 1.29 is 9.90 Å². The Morgan fingerprint density at radius 3 is 2.81 bits per heavy atom. The van der Waals surface area contributed by atoms with Crippen LogP contribution in [0, 0.1) is 5.92 Å². The zero-order valence-electron chi connectivity index (χ0n) is 12.8. The third kappa shape index (κ3) is 2.69. The number of hydrogen-bond donors (Lipinski definition) is 1. The molecule has 0 radical (unpaired) electrons. The normalized spacial score (nSPS) is 26.8. The topological polar surface area (TPSA) is 71.2 Å². The summed E-state index contributed by atoms with van der Waals surface area (Å²) in [5.74, 6) is 0.925. The molecule has 0 spiro atoms. The van der Waals surface area contributed by atoms with Gasteiger partial charge in [0, 0.05) is 19.0 Å². The molecule has 3 rings (SSSR count). The van der Waals surface area contributed by atoms with E-state index in [1.807, 2.05) is 0 Å². The van der Waals surface area contributed by atoms with Crippen molar-refractivity contribution in [1.82, 2.24) is 19.7 Å². The van der Waals surface area contributed by atoms with Gasteiger partial charge in [-0.2, -0.15) is 0 Å². The van der Waals surface area contributed by atoms with E-state index in [1.165, 1.54) is 12.8 Å². The van der Waals surface area contributed by atoms with E-state index < -0.39 is 5.97 Å². The fourth-order valence-electron chi connectivity index (χ4n) is 3.65. The van der Waals surface area contributed by atoms with Gasteiger partial charge in [-0.15, -0.1) is 10.2 Å². The van der Waals surface area contributed by atoms with Crippen LogP contribution in [0.1, 0.15) is 57.2 Å². The van der Waals surface area contributed by atoms with E-state index in [4.69, 9.17) is 0 Å². The van der Waals surface area contributed by atoms with Crippen LogP contribution in [-0.2, 0) is 17.8 Å². The second kappa shape index (κ2) is 5.75. The number of aliphatic carboxylic acids is 1. The number of nitrogens with zero attached hydrogens (tertiary/aromatic N) is 4. The highest BCUT2D eigenvalue weighted by molar-refractivity contribution is 5.70. The Balaban J connectivity index is 1.89. The molecule has 116 valence electrons. The summed E-state index contributed by atoms with van der Waals surface area (Å²) in [7, 11) is 0. The number of aryl methyl sites for hydroxylation is 1. The van der Waals surface area contributed by atoms with Gasteiger partial charge in [0.15, 0.2) is 0 Å². The summed E-state index contributed by atoms with van der Waals surface area (Å²) < 4.78 is 2.08. The minimum Gasteiger partial charge on any atom is -0.481 e. The lowest BCUT2D eigenvalue weighted by molar-refractivity contribution is -0.142. The van der Waals surface area contributed by atoms with Gasteiger partial charge in [0.05, 0.1) is 12.0 Å². The minimum absolute atomic E-state index is 0.285.